The van der Waals surface area contributed by atoms with Crippen LogP contribution in [0.1, 0.15) is 29.8 Å². The summed E-state index contributed by atoms with van der Waals surface area (Å²) in [6.07, 6.45) is 0. The van der Waals surface area contributed by atoms with E-state index in [4.69, 9.17) is 5.26 Å². The summed E-state index contributed by atoms with van der Waals surface area (Å²) < 4.78 is 67.8. The summed E-state index contributed by atoms with van der Waals surface area (Å²) in [6, 6.07) is 6.58. The molecule has 0 spiro atoms. The smallest absolute Gasteiger partial charge is 0.189 e. The van der Waals surface area contributed by atoms with Gasteiger partial charge in [-0.3, -0.25) is 0 Å². The summed E-state index contributed by atoms with van der Waals surface area (Å²) in [6.45, 7) is 1.54. The van der Waals surface area contributed by atoms with Crippen LogP contribution in [-0.4, -0.2) is 13.4 Å². The number of sulfone groups is 1. The Morgan fingerprint density at radius 2 is 1.86 bits per heavy atom. The fourth-order valence-corrected chi connectivity index (χ4v) is 4.86. The number of thiazole rings is 1. The van der Waals surface area contributed by atoms with E-state index in [1.807, 2.05) is 6.07 Å². The second kappa shape index (κ2) is 8.23. The zero-order valence-corrected chi connectivity index (χ0v) is 16.6. The van der Waals surface area contributed by atoms with E-state index < -0.39 is 44.0 Å². The number of anilines is 1. The molecule has 1 N–H and O–H groups in total. The minimum absolute atomic E-state index is 0.0677. The number of nitrogens with one attached hydrogen (secondary N) is 1. The number of nitrogens with zero attached hydrogens (tertiary/aromatic N) is 2. The average molecular weight is 437 g/mol. The lowest BCUT2D eigenvalue weighted by Crippen LogP contribution is -2.13. The quantitative estimate of drug-likeness (QED) is 0.610. The minimum atomic E-state index is -4.29. The first kappa shape index (κ1) is 20.8. The summed E-state index contributed by atoms with van der Waals surface area (Å²) in [5.41, 5.74) is 1.91. The van der Waals surface area contributed by atoms with E-state index in [-0.39, 0.29) is 22.5 Å². The van der Waals surface area contributed by atoms with Gasteiger partial charge in [0.1, 0.15) is 22.3 Å². The monoisotopic (exact) mass is 437 g/mol. The molecule has 0 radical (unpaired) electrons. The molecule has 3 rings (SSSR count). The maximum Gasteiger partial charge on any atom is 0.189 e. The maximum absolute atomic E-state index is 14.5. The number of halogens is 3. The highest BCUT2D eigenvalue weighted by Gasteiger charge is 2.26. The average Bonchev–Trinajstić information content (AvgIpc) is 3.13. The van der Waals surface area contributed by atoms with Crippen molar-refractivity contribution in [2.24, 2.45) is 0 Å². The van der Waals surface area contributed by atoms with E-state index in [2.05, 4.69) is 10.3 Å². The van der Waals surface area contributed by atoms with Crippen LogP contribution in [-0.2, 0) is 15.6 Å². The van der Waals surface area contributed by atoms with Crippen molar-refractivity contribution in [3.8, 4) is 6.07 Å². The second-order valence-electron chi connectivity index (χ2n) is 6.22. The zero-order chi connectivity index (χ0) is 21.2. The first-order valence-electron chi connectivity index (χ1n) is 8.26. The normalized spacial score (nSPS) is 12.4. The fraction of sp³-hybridized carbons (Fsp3) is 0.158. The Kier molecular flexibility index (Phi) is 5.91. The van der Waals surface area contributed by atoms with Crippen LogP contribution in [0.4, 0.5) is 18.9 Å². The summed E-state index contributed by atoms with van der Waals surface area (Å²) in [4.78, 5) is 2.78. The lowest BCUT2D eigenvalue weighted by atomic mass is 10.0. The van der Waals surface area contributed by atoms with Gasteiger partial charge >= 0.3 is 0 Å². The van der Waals surface area contributed by atoms with Gasteiger partial charge in [0.05, 0.1) is 34.6 Å². The standard InChI is InChI=1S/C19H14F3N3O2S2/c1-11(15-4-12(7-23)2-3-16(15)20)25-13-5-17(21)19(18(22)6-13)29(26,27)9-14-8-28-10-24-14/h2-6,8,10-11,25H,9H2,1H3/t11-/m0/s1. The molecule has 1 heterocycles. The van der Waals surface area contributed by atoms with Crippen molar-refractivity contribution in [2.75, 3.05) is 5.32 Å². The van der Waals surface area contributed by atoms with Crippen LogP contribution >= 0.6 is 11.3 Å². The van der Waals surface area contributed by atoms with E-state index >= 15 is 0 Å². The third kappa shape index (κ3) is 4.58. The Morgan fingerprint density at radius 1 is 1.17 bits per heavy atom. The van der Waals surface area contributed by atoms with Crippen LogP contribution < -0.4 is 5.32 Å². The zero-order valence-electron chi connectivity index (χ0n) is 15.0. The Labute approximate surface area is 169 Å². The third-order valence-corrected chi connectivity index (χ3v) is 6.43. The maximum atomic E-state index is 14.5. The lowest BCUT2D eigenvalue weighted by molar-refractivity contribution is 0.519. The highest BCUT2D eigenvalue weighted by atomic mass is 32.2. The van der Waals surface area contributed by atoms with Crippen molar-refractivity contribution in [3.63, 3.8) is 0 Å². The van der Waals surface area contributed by atoms with Crippen LogP contribution in [0, 0.1) is 28.8 Å². The van der Waals surface area contributed by atoms with Crippen molar-refractivity contribution >= 4 is 26.9 Å². The highest BCUT2D eigenvalue weighted by Crippen LogP contribution is 2.29. The number of nitriles is 1. The molecule has 0 fully saturated rings. The summed E-state index contributed by atoms with van der Waals surface area (Å²) in [7, 11) is -4.29. The Balaban J connectivity index is 1.89. The van der Waals surface area contributed by atoms with Gasteiger partial charge in [-0.2, -0.15) is 5.26 Å². The van der Waals surface area contributed by atoms with Crippen LogP contribution in [0.5, 0.6) is 0 Å². The van der Waals surface area contributed by atoms with Crippen molar-refractivity contribution in [2.45, 2.75) is 23.6 Å². The third-order valence-electron chi connectivity index (χ3n) is 4.11. The van der Waals surface area contributed by atoms with E-state index in [0.29, 0.717) is 0 Å². The first-order chi connectivity index (χ1) is 13.7. The predicted octanol–water partition coefficient (Wildman–Crippen LogP) is 4.58. The van der Waals surface area contributed by atoms with Crippen LogP contribution in [0.2, 0.25) is 0 Å². The summed E-state index contributed by atoms with van der Waals surface area (Å²) in [5.74, 6) is -3.74. The van der Waals surface area contributed by atoms with Gasteiger partial charge < -0.3 is 5.32 Å². The molecule has 0 saturated carbocycles. The number of rotatable bonds is 6. The molecule has 0 aliphatic heterocycles. The number of aromatic nitrogens is 1. The fourth-order valence-electron chi connectivity index (χ4n) is 2.79. The number of hydrogen-bond acceptors (Lipinski definition) is 6. The van der Waals surface area contributed by atoms with Gasteiger partial charge in [0.15, 0.2) is 9.84 Å². The molecular weight excluding hydrogens is 423 g/mol. The van der Waals surface area contributed by atoms with Crippen LogP contribution in [0.15, 0.2) is 46.1 Å². The molecule has 0 bridgehead atoms. The van der Waals surface area contributed by atoms with Gasteiger partial charge in [-0.1, -0.05) is 0 Å². The van der Waals surface area contributed by atoms with Crippen LogP contribution in [0.3, 0.4) is 0 Å². The molecule has 1 atom stereocenters. The van der Waals surface area contributed by atoms with Crippen molar-refractivity contribution in [3.05, 3.63) is 75.5 Å². The topological polar surface area (TPSA) is 82.8 Å². The highest BCUT2D eigenvalue weighted by molar-refractivity contribution is 7.90. The molecule has 0 unspecified atom stereocenters. The molecule has 0 amide bonds. The molecule has 10 heteroatoms. The number of benzene rings is 2. The molecule has 0 saturated heterocycles. The van der Waals surface area contributed by atoms with Gasteiger partial charge in [-0.25, -0.2) is 26.6 Å². The Hall–Kier alpha value is -2.90. The van der Waals surface area contributed by atoms with Crippen molar-refractivity contribution in [1.29, 1.82) is 5.26 Å². The van der Waals surface area contributed by atoms with Gasteiger partial charge in [-0.15, -0.1) is 11.3 Å². The molecular formula is C19H14F3N3O2S2. The molecule has 3 aromatic rings. The van der Waals surface area contributed by atoms with E-state index in [1.54, 1.807) is 6.92 Å². The van der Waals surface area contributed by atoms with Crippen molar-refractivity contribution < 1.29 is 21.6 Å². The first-order valence-corrected chi connectivity index (χ1v) is 10.9. The Bertz CT molecular complexity index is 1170. The summed E-state index contributed by atoms with van der Waals surface area (Å²) >= 11 is 1.17. The van der Waals surface area contributed by atoms with Crippen molar-refractivity contribution in [1.82, 2.24) is 4.98 Å². The molecule has 1 aromatic heterocycles. The van der Waals surface area contributed by atoms with Gasteiger partial charge in [0.25, 0.3) is 0 Å². The van der Waals surface area contributed by atoms with Crippen LogP contribution in [0.25, 0.3) is 0 Å². The molecule has 29 heavy (non-hydrogen) atoms. The van der Waals surface area contributed by atoms with E-state index in [0.717, 1.165) is 18.2 Å². The minimum Gasteiger partial charge on any atom is -0.378 e. The molecule has 2 aromatic carbocycles. The lowest BCUT2D eigenvalue weighted by Gasteiger charge is -2.17. The SMILES string of the molecule is C[C@H](Nc1cc(F)c(S(=O)(=O)Cc2cscn2)c(F)c1)c1cc(C#N)ccc1F. The van der Waals surface area contributed by atoms with Gasteiger partial charge in [0.2, 0.25) is 0 Å². The molecule has 0 aliphatic carbocycles. The second-order valence-corrected chi connectivity index (χ2v) is 8.87. The largest absolute Gasteiger partial charge is 0.378 e. The van der Waals surface area contributed by atoms with Gasteiger partial charge in [0, 0.05) is 16.6 Å². The van der Waals surface area contributed by atoms with E-state index in [9.17, 15) is 21.6 Å². The molecule has 150 valence electrons. The predicted molar refractivity (Wildman–Crippen MR) is 103 cm³/mol. The molecule has 0 aliphatic rings. The summed E-state index contributed by atoms with van der Waals surface area (Å²) in [5, 5.41) is 13.1. The molecule has 5 nitrogen and oxygen atoms in total. The Morgan fingerprint density at radius 3 is 2.45 bits per heavy atom. The van der Waals surface area contributed by atoms with E-state index in [1.165, 1.54) is 34.4 Å². The van der Waals surface area contributed by atoms with Gasteiger partial charge in [-0.05, 0) is 37.3 Å². The number of hydrogen-bond donors (Lipinski definition) is 1.